The van der Waals surface area contributed by atoms with Gasteiger partial charge in [-0.25, -0.2) is 4.98 Å². The zero-order valence-electron chi connectivity index (χ0n) is 12.5. The van der Waals surface area contributed by atoms with Gasteiger partial charge in [0.05, 0.1) is 11.4 Å². The summed E-state index contributed by atoms with van der Waals surface area (Å²) in [5.74, 6) is 0.531. The van der Waals surface area contributed by atoms with E-state index in [-0.39, 0.29) is 11.6 Å². The minimum absolute atomic E-state index is 0.253. The highest BCUT2D eigenvalue weighted by molar-refractivity contribution is 7.98. The Morgan fingerprint density at radius 1 is 1.26 bits per heavy atom. The van der Waals surface area contributed by atoms with E-state index in [0.717, 1.165) is 21.4 Å². The van der Waals surface area contributed by atoms with E-state index < -0.39 is 6.55 Å². The highest BCUT2D eigenvalue weighted by Gasteiger charge is 2.15. The van der Waals surface area contributed by atoms with Gasteiger partial charge in [-0.05, 0) is 41.5 Å². The van der Waals surface area contributed by atoms with E-state index >= 15 is 0 Å². The minimum Gasteiger partial charge on any atom is -0.277 e. The number of imidazole rings is 1. The van der Waals surface area contributed by atoms with Gasteiger partial charge in [0, 0.05) is 12.4 Å². The van der Waals surface area contributed by atoms with Crippen molar-refractivity contribution in [2.24, 2.45) is 0 Å². The molecule has 0 unspecified atom stereocenters. The summed E-state index contributed by atoms with van der Waals surface area (Å²) in [6.07, 6.45) is 2.62. The summed E-state index contributed by atoms with van der Waals surface area (Å²) >= 11 is 1.26. The first-order valence-electron chi connectivity index (χ1n) is 6.85. The Morgan fingerprint density at radius 3 is 2.87 bits per heavy atom. The van der Waals surface area contributed by atoms with E-state index in [2.05, 4.69) is 20.5 Å². The van der Waals surface area contributed by atoms with Crippen LogP contribution in [0.4, 0.5) is 8.78 Å². The van der Waals surface area contributed by atoms with E-state index in [9.17, 15) is 8.78 Å². The third kappa shape index (κ3) is 3.24. The molecule has 0 fully saturated rings. The second kappa shape index (κ2) is 6.45. The fraction of sp³-hybridized carbons (Fsp3) is 0.286. The summed E-state index contributed by atoms with van der Waals surface area (Å²) in [5.41, 5.74) is 2.99. The van der Waals surface area contributed by atoms with Gasteiger partial charge in [-0.2, -0.15) is 13.5 Å². The van der Waals surface area contributed by atoms with Gasteiger partial charge in [-0.1, -0.05) is 23.9 Å². The minimum atomic E-state index is -2.61. The molecule has 2 aromatic heterocycles. The van der Waals surface area contributed by atoms with Crippen LogP contribution >= 0.6 is 11.8 Å². The summed E-state index contributed by atoms with van der Waals surface area (Å²) in [5, 5.41) is 12.2. The Morgan fingerprint density at radius 2 is 2.09 bits per heavy atom. The van der Waals surface area contributed by atoms with Gasteiger partial charge in [-0.3, -0.25) is 4.57 Å². The van der Waals surface area contributed by atoms with Gasteiger partial charge in [0.1, 0.15) is 5.82 Å². The number of nitrogens with zero attached hydrogens (tertiary/aromatic N) is 6. The Bertz CT molecular complexity index is 813. The summed E-state index contributed by atoms with van der Waals surface area (Å²) < 4.78 is 28.1. The molecule has 0 saturated heterocycles. The normalized spacial score (nSPS) is 11.3. The number of thioether (sulfide) groups is 1. The molecule has 0 atom stereocenters. The van der Waals surface area contributed by atoms with Crippen LogP contribution in [0.15, 0.2) is 35.7 Å². The third-order valence-corrected chi connectivity index (χ3v) is 4.24. The molecule has 0 aliphatic heterocycles. The van der Waals surface area contributed by atoms with Crippen LogP contribution in [0, 0.1) is 13.8 Å². The molecule has 0 spiro atoms. The largest absolute Gasteiger partial charge is 0.319 e. The SMILES string of the molecule is Cc1ccc(C)c(-n2nnnc2SCc2nccn2C(F)F)c1. The zero-order valence-corrected chi connectivity index (χ0v) is 13.3. The third-order valence-electron chi connectivity index (χ3n) is 3.32. The van der Waals surface area contributed by atoms with Crippen molar-refractivity contribution in [1.82, 2.24) is 29.8 Å². The molecular formula is C14H14F2N6S. The van der Waals surface area contributed by atoms with Gasteiger partial charge in [0.2, 0.25) is 5.16 Å². The Hall–Kier alpha value is -2.29. The summed E-state index contributed by atoms with van der Waals surface area (Å²) in [6.45, 7) is 1.34. The topological polar surface area (TPSA) is 61.4 Å². The van der Waals surface area contributed by atoms with Crippen molar-refractivity contribution in [2.45, 2.75) is 31.3 Å². The molecule has 0 N–H and O–H groups in total. The van der Waals surface area contributed by atoms with Gasteiger partial charge in [-0.15, -0.1) is 5.10 Å². The predicted molar refractivity (Wildman–Crippen MR) is 81.7 cm³/mol. The molecule has 0 amide bonds. The summed E-state index contributed by atoms with van der Waals surface area (Å²) in [4.78, 5) is 3.96. The van der Waals surface area contributed by atoms with E-state index in [1.54, 1.807) is 4.68 Å². The van der Waals surface area contributed by atoms with E-state index in [1.165, 1.54) is 24.2 Å². The molecular weight excluding hydrogens is 322 g/mol. The first-order valence-corrected chi connectivity index (χ1v) is 7.83. The first kappa shape index (κ1) is 15.6. The molecule has 0 radical (unpaired) electrons. The van der Waals surface area contributed by atoms with Crippen LogP contribution in [0.5, 0.6) is 0 Å². The number of halogens is 2. The quantitative estimate of drug-likeness (QED) is 0.670. The van der Waals surface area contributed by atoms with Crippen LogP contribution in [0.25, 0.3) is 5.69 Å². The number of tetrazole rings is 1. The van der Waals surface area contributed by atoms with E-state index in [0.29, 0.717) is 5.16 Å². The molecule has 0 saturated carbocycles. The lowest BCUT2D eigenvalue weighted by Gasteiger charge is -2.09. The van der Waals surface area contributed by atoms with Crippen molar-refractivity contribution >= 4 is 11.8 Å². The van der Waals surface area contributed by atoms with Gasteiger partial charge in [0.15, 0.2) is 0 Å². The molecule has 0 aliphatic carbocycles. The molecule has 120 valence electrons. The number of alkyl halides is 2. The molecule has 2 heterocycles. The van der Waals surface area contributed by atoms with E-state index in [4.69, 9.17) is 0 Å². The number of aryl methyl sites for hydroxylation is 2. The highest BCUT2D eigenvalue weighted by Crippen LogP contribution is 2.25. The Labute approximate surface area is 135 Å². The van der Waals surface area contributed by atoms with Crippen LogP contribution in [-0.2, 0) is 5.75 Å². The average Bonchev–Trinajstić information content (AvgIpc) is 3.16. The number of rotatable bonds is 5. The maximum atomic E-state index is 12.8. The second-order valence-electron chi connectivity index (χ2n) is 4.98. The molecule has 0 bridgehead atoms. The second-order valence-corrected chi connectivity index (χ2v) is 5.92. The molecule has 0 aliphatic rings. The van der Waals surface area contributed by atoms with Crippen molar-refractivity contribution in [3.05, 3.63) is 47.5 Å². The van der Waals surface area contributed by atoms with Crippen molar-refractivity contribution in [3.63, 3.8) is 0 Å². The number of benzene rings is 1. The molecule has 6 nitrogen and oxygen atoms in total. The van der Waals surface area contributed by atoms with Crippen molar-refractivity contribution in [3.8, 4) is 5.69 Å². The smallest absolute Gasteiger partial charge is 0.277 e. The van der Waals surface area contributed by atoms with E-state index in [1.807, 2.05) is 32.0 Å². The lowest BCUT2D eigenvalue weighted by Crippen LogP contribution is -2.04. The van der Waals surface area contributed by atoms with Crippen LogP contribution in [0.3, 0.4) is 0 Å². The Balaban J connectivity index is 1.84. The molecule has 3 aromatic rings. The monoisotopic (exact) mass is 336 g/mol. The first-order chi connectivity index (χ1) is 11.1. The van der Waals surface area contributed by atoms with Crippen molar-refractivity contribution in [2.75, 3.05) is 0 Å². The van der Waals surface area contributed by atoms with Crippen molar-refractivity contribution in [1.29, 1.82) is 0 Å². The standard InChI is InChI=1S/C14H14F2N6S/c1-9-3-4-10(2)11(7-9)22-14(18-19-20-22)23-8-12-17-5-6-21(12)13(15)16/h3-7,13H,8H2,1-2H3. The molecule has 23 heavy (non-hydrogen) atoms. The molecule has 9 heteroatoms. The van der Waals surface area contributed by atoms with Gasteiger partial charge < -0.3 is 0 Å². The highest BCUT2D eigenvalue weighted by atomic mass is 32.2. The van der Waals surface area contributed by atoms with Gasteiger partial charge >= 0.3 is 6.55 Å². The van der Waals surface area contributed by atoms with Crippen molar-refractivity contribution < 1.29 is 8.78 Å². The van der Waals surface area contributed by atoms with Crippen LogP contribution in [0.2, 0.25) is 0 Å². The number of hydrogen-bond acceptors (Lipinski definition) is 5. The predicted octanol–water partition coefficient (Wildman–Crippen LogP) is 3.16. The van der Waals surface area contributed by atoms with Crippen LogP contribution in [-0.4, -0.2) is 29.8 Å². The lowest BCUT2D eigenvalue weighted by molar-refractivity contribution is 0.0678. The fourth-order valence-corrected chi connectivity index (χ4v) is 2.96. The van der Waals surface area contributed by atoms with Crippen LogP contribution in [0.1, 0.15) is 23.5 Å². The summed E-state index contributed by atoms with van der Waals surface area (Å²) in [7, 11) is 0. The Kier molecular flexibility index (Phi) is 4.37. The zero-order chi connectivity index (χ0) is 16.4. The maximum absolute atomic E-state index is 12.8. The summed E-state index contributed by atoms with van der Waals surface area (Å²) in [6, 6.07) is 5.98. The lowest BCUT2D eigenvalue weighted by atomic mass is 10.1. The van der Waals surface area contributed by atoms with Gasteiger partial charge in [0.25, 0.3) is 0 Å². The van der Waals surface area contributed by atoms with Crippen LogP contribution < -0.4 is 0 Å². The average molecular weight is 336 g/mol. The number of hydrogen-bond donors (Lipinski definition) is 0. The molecule has 3 rings (SSSR count). The molecule has 1 aromatic carbocycles. The maximum Gasteiger partial charge on any atom is 0.319 e. The number of aromatic nitrogens is 6. The fourth-order valence-electron chi connectivity index (χ4n) is 2.13.